The maximum atomic E-state index is 10.6. The molecule has 1 heterocycles. The number of benzene rings is 2. The summed E-state index contributed by atoms with van der Waals surface area (Å²) in [4.78, 5) is 2.29. The summed E-state index contributed by atoms with van der Waals surface area (Å²) in [5.74, 6) is 0. The first-order chi connectivity index (χ1) is 9.66. The third-order valence-corrected chi connectivity index (χ3v) is 4.25. The highest BCUT2D eigenvalue weighted by Crippen LogP contribution is 2.31. The first-order valence-electron chi connectivity index (χ1n) is 7.24. The molecule has 1 N–H and O–H groups in total. The minimum atomic E-state index is -0.534. The van der Waals surface area contributed by atoms with E-state index < -0.39 is 6.10 Å². The second-order valence-corrected chi connectivity index (χ2v) is 5.67. The summed E-state index contributed by atoms with van der Waals surface area (Å²) in [6.07, 6.45) is 1.76. The molecule has 1 aliphatic rings. The third kappa shape index (κ3) is 2.32. The van der Waals surface area contributed by atoms with Crippen molar-refractivity contribution in [3.05, 3.63) is 64.7 Å². The van der Waals surface area contributed by atoms with Crippen molar-refractivity contribution in [3.63, 3.8) is 0 Å². The lowest BCUT2D eigenvalue weighted by molar-refractivity contribution is 0.219. The summed E-state index contributed by atoms with van der Waals surface area (Å²) >= 11 is 0. The SMILES string of the molecule is Cc1ccccc1C(O)c1ccc2c(c1)CCCN2C. The molecule has 2 aromatic rings. The molecule has 0 aromatic heterocycles. The zero-order valence-electron chi connectivity index (χ0n) is 12.1. The fourth-order valence-electron chi connectivity index (χ4n) is 3.05. The number of hydrogen-bond donors (Lipinski definition) is 1. The maximum absolute atomic E-state index is 10.6. The number of fused-ring (bicyclic) bond motifs is 1. The molecule has 0 bridgehead atoms. The highest BCUT2D eigenvalue weighted by molar-refractivity contribution is 5.57. The predicted molar refractivity (Wildman–Crippen MR) is 83.3 cm³/mol. The molecular weight excluding hydrogens is 246 g/mol. The molecule has 0 saturated carbocycles. The molecule has 0 radical (unpaired) electrons. The van der Waals surface area contributed by atoms with Crippen LogP contribution < -0.4 is 4.90 Å². The van der Waals surface area contributed by atoms with E-state index in [0.717, 1.165) is 29.7 Å². The normalized spacial score (nSPS) is 15.8. The van der Waals surface area contributed by atoms with Crippen LogP contribution in [0.25, 0.3) is 0 Å². The first-order valence-corrected chi connectivity index (χ1v) is 7.24. The molecule has 0 saturated heterocycles. The number of aliphatic hydroxyl groups excluding tert-OH is 1. The van der Waals surface area contributed by atoms with E-state index in [2.05, 4.69) is 30.1 Å². The van der Waals surface area contributed by atoms with Crippen molar-refractivity contribution >= 4 is 5.69 Å². The van der Waals surface area contributed by atoms with Gasteiger partial charge in [-0.25, -0.2) is 0 Å². The lowest BCUT2D eigenvalue weighted by atomic mass is 9.93. The Morgan fingerprint density at radius 3 is 2.75 bits per heavy atom. The number of aliphatic hydroxyl groups is 1. The molecule has 1 aliphatic heterocycles. The fraction of sp³-hybridized carbons (Fsp3) is 0.333. The Balaban J connectivity index is 1.97. The molecule has 104 valence electrons. The number of hydrogen-bond acceptors (Lipinski definition) is 2. The van der Waals surface area contributed by atoms with Crippen LogP contribution in [0, 0.1) is 6.92 Å². The minimum Gasteiger partial charge on any atom is -0.384 e. The number of rotatable bonds is 2. The van der Waals surface area contributed by atoms with Gasteiger partial charge in [0.05, 0.1) is 0 Å². The molecule has 20 heavy (non-hydrogen) atoms. The van der Waals surface area contributed by atoms with Crippen LogP contribution in [0.2, 0.25) is 0 Å². The van der Waals surface area contributed by atoms with Gasteiger partial charge in [-0.15, -0.1) is 0 Å². The van der Waals surface area contributed by atoms with Gasteiger partial charge in [0.2, 0.25) is 0 Å². The highest BCUT2D eigenvalue weighted by Gasteiger charge is 2.17. The molecule has 3 rings (SSSR count). The molecule has 2 nitrogen and oxygen atoms in total. The van der Waals surface area contributed by atoms with Crippen LogP contribution >= 0.6 is 0 Å². The summed E-state index contributed by atoms with van der Waals surface area (Å²) in [6.45, 7) is 3.16. The first kappa shape index (κ1) is 13.2. The van der Waals surface area contributed by atoms with E-state index in [4.69, 9.17) is 0 Å². The topological polar surface area (TPSA) is 23.5 Å². The molecule has 2 heteroatoms. The van der Waals surface area contributed by atoms with Gasteiger partial charge in [-0.1, -0.05) is 36.4 Å². The van der Waals surface area contributed by atoms with Gasteiger partial charge < -0.3 is 10.0 Å². The van der Waals surface area contributed by atoms with Crippen molar-refractivity contribution in [2.24, 2.45) is 0 Å². The van der Waals surface area contributed by atoms with Crippen molar-refractivity contribution in [1.29, 1.82) is 0 Å². The highest BCUT2D eigenvalue weighted by atomic mass is 16.3. The zero-order chi connectivity index (χ0) is 14.1. The largest absolute Gasteiger partial charge is 0.384 e. The third-order valence-electron chi connectivity index (χ3n) is 4.25. The van der Waals surface area contributed by atoms with E-state index in [9.17, 15) is 5.11 Å². The van der Waals surface area contributed by atoms with Gasteiger partial charge in [0.15, 0.2) is 0 Å². The van der Waals surface area contributed by atoms with Gasteiger partial charge in [-0.3, -0.25) is 0 Å². The van der Waals surface area contributed by atoms with Crippen molar-refractivity contribution < 1.29 is 5.11 Å². The number of nitrogens with zero attached hydrogens (tertiary/aromatic N) is 1. The lowest BCUT2D eigenvalue weighted by Crippen LogP contribution is -2.24. The van der Waals surface area contributed by atoms with Crippen LogP contribution in [-0.4, -0.2) is 18.7 Å². The standard InChI is InChI=1S/C18H21NO/c1-13-6-3-4-8-16(13)18(20)15-9-10-17-14(12-15)7-5-11-19(17)2/h3-4,6,8-10,12,18,20H,5,7,11H2,1-2H3. The van der Waals surface area contributed by atoms with Crippen LogP contribution in [0.4, 0.5) is 5.69 Å². The van der Waals surface area contributed by atoms with Crippen LogP contribution in [0.15, 0.2) is 42.5 Å². The Morgan fingerprint density at radius 1 is 1.15 bits per heavy atom. The van der Waals surface area contributed by atoms with Crippen LogP contribution in [0.1, 0.15) is 34.8 Å². The maximum Gasteiger partial charge on any atom is 0.104 e. The molecule has 0 fully saturated rings. The van der Waals surface area contributed by atoms with E-state index in [0.29, 0.717) is 0 Å². The minimum absolute atomic E-state index is 0.534. The Morgan fingerprint density at radius 2 is 1.95 bits per heavy atom. The van der Waals surface area contributed by atoms with Crippen LogP contribution in [0.3, 0.4) is 0 Å². The second-order valence-electron chi connectivity index (χ2n) is 5.67. The number of anilines is 1. The second kappa shape index (κ2) is 5.29. The van der Waals surface area contributed by atoms with Gasteiger partial charge in [-0.2, -0.15) is 0 Å². The van der Waals surface area contributed by atoms with E-state index >= 15 is 0 Å². The van der Waals surface area contributed by atoms with E-state index in [1.54, 1.807) is 0 Å². The fourth-order valence-corrected chi connectivity index (χ4v) is 3.05. The van der Waals surface area contributed by atoms with Gasteiger partial charge in [-0.05, 0) is 48.1 Å². The Labute approximate surface area is 120 Å². The average molecular weight is 267 g/mol. The van der Waals surface area contributed by atoms with Crippen molar-refractivity contribution in [3.8, 4) is 0 Å². The Hall–Kier alpha value is -1.80. The Bertz CT molecular complexity index is 621. The smallest absolute Gasteiger partial charge is 0.104 e. The van der Waals surface area contributed by atoms with Crippen molar-refractivity contribution in [2.45, 2.75) is 25.9 Å². The molecule has 2 aromatic carbocycles. The number of aryl methyl sites for hydroxylation is 2. The molecule has 0 aliphatic carbocycles. The van der Waals surface area contributed by atoms with Gasteiger partial charge in [0, 0.05) is 19.3 Å². The molecule has 0 amide bonds. The summed E-state index contributed by atoms with van der Waals surface area (Å²) in [6, 6.07) is 14.4. The summed E-state index contributed by atoms with van der Waals surface area (Å²) < 4.78 is 0. The van der Waals surface area contributed by atoms with E-state index in [-0.39, 0.29) is 0 Å². The van der Waals surface area contributed by atoms with Gasteiger partial charge in [0.25, 0.3) is 0 Å². The van der Waals surface area contributed by atoms with Crippen molar-refractivity contribution in [1.82, 2.24) is 0 Å². The molecule has 0 spiro atoms. The zero-order valence-corrected chi connectivity index (χ0v) is 12.1. The van der Waals surface area contributed by atoms with Crippen LogP contribution in [0.5, 0.6) is 0 Å². The molecule has 1 unspecified atom stereocenters. The van der Waals surface area contributed by atoms with Gasteiger partial charge in [0.1, 0.15) is 6.10 Å². The molecular formula is C18H21NO. The predicted octanol–water partition coefficient (Wildman–Crippen LogP) is 3.46. The van der Waals surface area contributed by atoms with Crippen molar-refractivity contribution in [2.75, 3.05) is 18.5 Å². The van der Waals surface area contributed by atoms with Crippen LogP contribution in [-0.2, 0) is 6.42 Å². The Kier molecular flexibility index (Phi) is 3.49. The summed E-state index contributed by atoms with van der Waals surface area (Å²) in [5, 5.41) is 10.6. The van der Waals surface area contributed by atoms with Gasteiger partial charge >= 0.3 is 0 Å². The van der Waals surface area contributed by atoms with E-state index in [1.807, 2.05) is 31.2 Å². The van der Waals surface area contributed by atoms with E-state index in [1.165, 1.54) is 17.7 Å². The monoisotopic (exact) mass is 267 g/mol. The summed E-state index contributed by atoms with van der Waals surface area (Å²) in [5.41, 5.74) is 5.78. The summed E-state index contributed by atoms with van der Waals surface area (Å²) in [7, 11) is 2.13. The average Bonchev–Trinajstić information content (AvgIpc) is 2.47. The quantitative estimate of drug-likeness (QED) is 0.900. The lowest BCUT2D eigenvalue weighted by Gasteiger charge is -2.28. The molecule has 1 atom stereocenters.